The van der Waals surface area contributed by atoms with Crippen LogP contribution in [0, 0.1) is 0 Å². The topological polar surface area (TPSA) is 94.9 Å². The van der Waals surface area contributed by atoms with Crippen LogP contribution in [0.4, 0.5) is 0 Å². The molecule has 1 atom stereocenters. The minimum Gasteiger partial charge on any atom is -1.00 e. The van der Waals surface area contributed by atoms with Gasteiger partial charge in [0.15, 0.2) is 0 Å². The summed E-state index contributed by atoms with van der Waals surface area (Å²) >= 11 is 0. The van der Waals surface area contributed by atoms with Gasteiger partial charge in [0.1, 0.15) is 12.6 Å². The van der Waals surface area contributed by atoms with E-state index in [1.165, 1.54) is 0 Å². The minimum atomic E-state index is -1.19. The Labute approximate surface area is 104 Å². The van der Waals surface area contributed by atoms with E-state index in [1.54, 1.807) is 0 Å². The van der Waals surface area contributed by atoms with Crippen molar-refractivity contribution in [1.82, 2.24) is 4.90 Å². The molecule has 1 aliphatic heterocycles. The maximum absolute atomic E-state index is 11.0. The van der Waals surface area contributed by atoms with E-state index in [4.69, 9.17) is 10.2 Å². The number of aliphatic carboxylic acids is 2. The maximum atomic E-state index is 11.0. The fourth-order valence-electron chi connectivity index (χ4n) is 1.33. The number of likely N-dealkylation sites (tertiary alicyclic amines) is 1. The van der Waals surface area contributed by atoms with Gasteiger partial charge in [-0.25, -0.2) is 4.79 Å². The molecule has 0 bridgehead atoms. The molecule has 1 amide bonds. The van der Waals surface area contributed by atoms with Crippen molar-refractivity contribution in [3.8, 4) is 0 Å². The monoisotopic (exact) mass is 211 g/mol. The Morgan fingerprint density at radius 1 is 1.50 bits per heavy atom. The van der Waals surface area contributed by atoms with Crippen LogP contribution in [-0.4, -0.2) is 45.5 Å². The summed E-state index contributed by atoms with van der Waals surface area (Å²) in [6, 6.07) is -0.969. The van der Waals surface area contributed by atoms with E-state index in [0.717, 1.165) is 4.90 Å². The molecule has 7 heteroatoms. The van der Waals surface area contributed by atoms with Crippen molar-refractivity contribution in [2.45, 2.75) is 18.9 Å². The van der Waals surface area contributed by atoms with Crippen molar-refractivity contribution in [3.63, 3.8) is 0 Å². The van der Waals surface area contributed by atoms with E-state index in [2.05, 4.69) is 0 Å². The first-order valence-electron chi connectivity index (χ1n) is 3.76. The number of nitrogens with zero attached hydrogens (tertiary/aromatic N) is 1. The number of hydrogen-bond donors (Lipinski definition) is 2. The van der Waals surface area contributed by atoms with E-state index in [1.807, 2.05) is 0 Å². The Morgan fingerprint density at radius 2 is 2.07 bits per heavy atom. The van der Waals surface area contributed by atoms with Gasteiger partial charge in [-0.3, -0.25) is 9.59 Å². The second-order valence-electron chi connectivity index (χ2n) is 2.81. The van der Waals surface area contributed by atoms with Crippen molar-refractivity contribution in [3.05, 3.63) is 0 Å². The van der Waals surface area contributed by atoms with Crippen LogP contribution in [0.5, 0.6) is 0 Å². The number of hydrogen-bond acceptors (Lipinski definition) is 3. The Bertz CT molecular complexity index is 272. The molecule has 74 valence electrons. The molecule has 1 rings (SSSR count). The van der Waals surface area contributed by atoms with Gasteiger partial charge in [-0.15, -0.1) is 0 Å². The molecule has 0 aliphatic carbocycles. The van der Waals surface area contributed by atoms with Crippen LogP contribution in [0.2, 0.25) is 0 Å². The summed E-state index contributed by atoms with van der Waals surface area (Å²) in [6.07, 6.45) is 0.311. The van der Waals surface area contributed by atoms with Crippen LogP contribution >= 0.6 is 0 Å². The van der Waals surface area contributed by atoms with Gasteiger partial charge < -0.3 is 16.5 Å². The summed E-state index contributed by atoms with van der Waals surface area (Å²) in [5.74, 6) is -2.75. The Balaban J connectivity index is 0. The van der Waals surface area contributed by atoms with Gasteiger partial charge in [-0.2, -0.15) is 0 Å². The summed E-state index contributed by atoms with van der Waals surface area (Å²) in [4.78, 5) is 32.7. The summed E-state index contributed by atoms with van der Waals surface area (Å²) in [5, 5.41) is 17.0. The molecule has 6 nitrogen and oxygen atoms in total. The van der Waals surface area contributed by atoms with E-state index in [-0.39, 0.29) is 43.8 Å². The van der Waals surface area contributed by atoms with Crippen LogP contribution < -0.4 is 29.6 Å². The molecule has 0 aromatic carbocycles. The van der Waals surface area contributed by atoms with Crippen molar-refractivity contribution >= 4 is 17.8 Å². The molecule has 1 heterocycles. The number of carboxylic acids is 2. The Hall–Kier alpha value is -0.590. The summed E-state index contributed by atoms with van der Waals surface area (Å²) in [6.45, 7) is -0.532. The van der Waals surface area contributed by atoms with Crippen LogP contribution in [0.25, 0.3) is 0 Å². The predicted octanol–water partition coefficient (Wildman–Crippen LogP) is -3.74. The van der Waals surface area contributed by atoms with Crippen molar-refractivity contribution in [1.29, 1.82) is 0 Å². The molecular formula is C7H10NNaO5. The number of carboxylic acid groups (broad SMARTS) is 2. The standard InChI is InChI=1S/C7H9NO5.Na.H/c9-5-2-1-4(7(12)13)8(5)3-6(10)11;;/h4H,1-3H2,(H,10,11)(H,12,13);;/q;+1;-1. The van der Waals surface area contributed by atoms with E-state index >= 15 is 0 Å². The third-order valence-electron chi connectivity index (χ3n) is 1.92. The number of carbonyl (C=O) groups is 3. The second kappa shape index (κ2) is 5.33. The molecule has 1 fully saturated rings. The van der Waals surface area contributed by atoms with Gasteiger partial charge in [-0.1, -0.05) is 0 Å². The van der Waals surface area contributed by atoms with Gasteiger partial charge >= 0.3 is 41.5 Å². The number of rotatable bonds is 3. The zero-order valence-electron chi connectivity index (χ0n) is 8.77. The van der Waals surface area contributed by atoms with Gasteiger partial charge in [0.2, 0.25) is 5.91 Å². The van der Waals surface area contributed by atoms with Crippen molar-refractivity contribution in [2.24, 2.45) is 0 Å². The Kier molecular flexibility index (Phi) is 5.11. The maximum Gasteiger partial charge on any atom is 1.00 e. The first-order chi connectivity index (χ1) is 6.02. The average Bonchev–Trinajstić information content (AvgIpc) is 2.32. The predicted molar refractivity (Wildman–Crippen MR) is 41.1 cm³/mol. The van der Waals surface area contributed by atoms with E-state index in [9.17, 15) is 14.4 Å². The summed E-state index contributed by atoms with van der Waals surface area (Å²) < 4.78 is 0. The van der Waals surface area contributed by atoms with Crippen LogP contribution in [0.15, 0.2) is 0 Å². The molecule has 2 N–H and O–H groups in total. The van der Waals surface area contributed by atoms with Gasteiger partial charge in [0, 0.05) is 6.42 Å². The summed E-state index contributed by atoms with van der Waals surface area (Å²) in [5.41, 5.74) is 0. The zero-order chi connectivity index (χ0) is 10.0. The first-order valence-corrected chi connectivity index (χ1v) is 3.76. The minimum absolute atomic E-state index is 0. The van der Waals surface area contributed by atoms with Gasteiger partial charge in [-0.05, 0) is 6.42 Å². The van der Waals surface area contributed by atoms with Crippen LogP contribution in [-0.2, 0) is 14.4 Å². The van der Waals surface area contributed by atoms with Gasteiger partial charge in [0.25, 0.3) is 0 Å². The fourth-order valence-corrected chi connectivity index (χ4v) is 1.33. The molecule has 0 radical (unpaired) electrons. The quantitative estimate of drug-likeness (QED) is 0.468. The number of amides is 1. The first kappa shape index (κ1) is 13.4. The smallest absolute Gasteiger partial charge is 1.00 e. The van der Waals surface area contributed by atoms with Crippen LogP contribution in [0.1, 0.15) is 14.3 Å². The van der Waals surface area contributed by atoms with E-state index in [0.29, 0.717) is 0 Å². The van der Waals surface area contributed by atoms with Gasteiger partial charge in [0.05, 0.1) is 0 Å². The molecule has 1 unspecified atom stereocenters. The average molecular weight is 211 g/mol. The molecular weight excluding hydrogens is 201 g/mol. The molecule has 0 aromatic rings. The summed E-state index contributed by atoms with van der Waals surface area (Å²) in [7, 11) is 0. The molecule has 0 spiro atoms. The van der Waals surface area contributed by atoms with E-state index < -0.39 is 30.4 Å². The SMILES string of the molecule is O=C(O)CN1C(=O)CCC1C(=O)O.[H-].[Na+]. The number of carbonyl (C=O) groups excluding carboxylic acids is 1. The molecule has 0 saturated carbocycles. The molecule has 14 heavy (non-hydrogen) atoms. The Morgan fingerprint density at radius 3 is 2.50 bits per heavy atom. The van der Waals surface area contributed by atoms with Crippen molar-refractivity contribution < 1.29 is 55.6 Å². The zero-order valence-corrected chi connectivity index (χ0v) is 9.77. The third-order valence-corrected chi connectivity index (χ3v) is 1.92. The molecule has 1 aliphatic rings. The third kappa shape index (κ3) is 2.97. The molecule has 0 aromatic heterocycles. The molecule has 1 saturated heterocycles. The van der Waals surface area contributed by atoms with Crippen molar-refractivity contribution in [2.75, 3.05) is 6.54 Å². The largest absolute Gasteiger partial charge is 1.00 e. The fraction of sp³-hybridized carbons (Fsp3) is 0.571. The van der Waals surface area contributed by atoms with Crippen LogP contribution in [0.3, 0.4) is 0 Å². The second-order valence-corrected chi connectivity index (χ2v) is 2.81. The normalized spacial score (nSPS) is 20.4.